The summed E-state index contributed by atoms with van der Waals surface area (Å²) in [6.45, 7) is 0.166. The fourth-order valence-corrected chi connectivity index (χ4v) is 2.81. The van der Waals surface area contributed by atoms with Gasteiger partial charge in [0.1, 0.15) is 17.2 Å². The van der Waals surface area contributed by atoms with Gasteiger partial charge in [0.15, 0.2) is 0 Å². The van der Waals surface area contributed by atoms with Crippen molar-refractivity contribution in [1.29, 1.82) is 0 Å². The molecular weight excluding hydrogens is 392 g/mol. The lowest BCUT2D eigenvalue weighted by molar-refractivity contribution is -0.117. The van der Waals surface area contributed by atoms with Gasteiger partial charge in [-0.3, -0.25) is 9.59 Å². The quantitative estimate of drug-likeness (QED) is 0.576. The van der Waals surface area contributed by atoms with E-state index in [1.165, 1.54) is 19.4 Å². The van der Waals surface area contributed by atoms with E-state index in [2.05, 4.69) is 10.6 Å². The average molecular weight is 411 g/mol. The van der Waals surface area contributed by atoms with Crippen LogP contribution in [0.1, 0.15) is 21.7 Å². The van der Waals surface area contributed by atoms with Crippen LogP contribution in [0.15, 0.2) is 77.0 Å². The van der Waals surface area contributed by atoms with Gasteiger partial charge in [0, 0.05) is 28.8 Å². The molecule has 0 saturated carbocycles. The SMILES string of the molecule is COc1ccc(Cl)cc1CNC(=O)/C(=C/c1ccco1)NC(=O)c1ccccc1. The zero-order valence-corrected chi connectivity index (χ0v) is 16.4. The number of nitrogens with one attached hydrogen (secondary N) is 2. The Labute approximate surface area is 173 Å². The standard InChI is InChI=1S/C22H19ClN2O4/c1-28-20-10-9-17(23)12-16(20)14-24-22(27)19(13-18-8-5-11-29-18)25-21(26)15-6-3-2-4-7-15/h2-13H,14H2,1H3,(H,24,27)(H,25,26)/b19-13-. The van der Waals surface area contributed by atoms with Crippen molar-refractivity contribution in [2.75, 3.05) is 7.11 Å². The van der Waals surface area contributed by atoms with Crippen LogP contribution in [-0.2, 0) is 11.3 Å². The van der Waals surface area contributed by atoms with Crippen molar-refractivity contribution in [3.8, 4) is 5.75 Å². The molecule has 0 saturated heterocycles. The van der Waals surface area contributed by atoms with Gasteiger partial charge in [-0.1, -0.05) is 29.8 Å². The summed E-state index contributed by atoms with van der Waals surface area (Å²) >= 11 is 6.03. The summed E-state index contributed by atoms with van der Waals surface area (Å²) in [6, 6.07) is 17.1. The van der Waals surface area contributed by atoms with Crippen molar-refractivity contribution in [3.05, 3.63) is 94.5 Å². The Balaban J connectivity index is 1.78. The van der Waals surface area contributed by atoms with E-state index in [4.69, 9.17) is 20.8 Å². The number of hydrogen-bond donors (Lipinski definition) is 2. The smallest absolute Gasteiger partial charge is 0.268 e. The van der Waals surface area contributed by atoms with Crippen LogP contribution in [-0.4, -0.2) is 18.9 Å². The second-order valence-electron chi connectivity index (χ2n) is 6.03. The topological polar surface area (TPSA) is 80.6 Å². The molecule has 0 aliphatic heterocycles. The van der Waals surface area contributed by atoms with E-state index >= 15 is 0 Å². The zero-order valence-electron chi connectivity index (χ0n) is 15.6. The number of halogens is 1. The molecule has 0 fully saturated rings. The van der Waals surface area contributed by atoms with Crippen molar-refractivity contribution in [3.63, 3.8) is 0 Å². The summed E-state index contributed by atoms with van der Waals surface area (Å²) in [5.74, 6) is 0.148. The lowest BCUT2D eigenvalue weighted by Gasteiger charge is -2.13. The molecule has 148 valence electrons. The molecule has 0 unspecified atom stereocenters. The van der Waals surface area contributed by atoms with E-state index in [-0.39, 0.29) is 12.2 Å². The van der Waals surface area contributed by atoms with E-state index in [1.54, 1.807) is 54.6 Å². The van der Waals surface area contributed by atoms with Crippen molar-refractivity contribution < 1.29 is 18.7 Å². The average Bonchev–Trinajstić information content (AvgIpc) is 3.25. The minimum Gasteiger partial charge on any atom is -0.496 e. The number of amides is 2. The number of hydrogen-bond acceptors (Lipinski definition) is 4. The largest absolute Gasteiger partial charge is 0.496 e. The molecule has 0 atom stereocenters. The molecule has 3 rings (SSSR count). The summed E-state index contributed by atoms with van der Waals surface area (Å²) in [6.07, 6.45) is 2.95. The highest BCUT2D eigenvalue weighted by atomic mass is 35.5. The van der Waals surface area contributed by atoms with Crippen molar-refractivity contribution in [2.45, 2.75) is 6.54 Å². The first-order chi connectivity index (χ1) is 14.1. The van der Waals surface area contributed by atoms with Gasteiger partial charge >= 0.3 is 0 Å². The molecule has 2 aromatic carbocycles. The maximum Gasteiger partial charge on any atom is 0.268 e. The van der Waals surface area contributed by atoms with E-state index in [9.17, 15) is 9.59 Å². The molecule has 6 nitrogen and oxygen atoms in total. The Hall–Kier alpha value is -3.51. The van der Waals surface area contributed by atoms with Gasteiger partial charge in [0.25, 0.3) is 11.8 Å². The molecule has 1 heterocycles. The molecule has 1 aromatic heterocycles. The minimum absolute atomic E-state index is 0.0507. The van der Waals surface area contributed by atoms with Gasteiger partial charge in [-0.2, -0.15) is 0 Å². The van der Waals surface area contributed by atoms with Crippen molar-refractivity contribution >= 4 is 29.5 Å². The molecule has 0 aliphatic carbocycles. The first-order valence-corrected chi connectivity index (χ1v) is 9.17. The Morgan fingerprint density at radius 1 is 1.10 bits per heavy atom. The van der Waals surface area contributed by atoms with Crippen LogP contribution in [0.4, 0.5) is 0 Å². The van der Waals surface area contributed by atoms with Crippen LogP contribution < -0.4 is 15.4 Å². The van der Waals surface area contributed by atoms with Crippen LogP contribution in [0.2, 0.25) is 5.02 Å². The Bertz CT molecular complexity index is 1010. The number of benzene rings is 2. The van der Waals surface area contributed by atoms with Gasteiger partial charge in [0.2, 0.25) is 0 Å². The third kappa shape index (κ3) is 5.49. The lowest BCUT2D eigenvalue weighted by Crippen LogP contribution is -2.34. The highest BCUT2D eigenvalue weighted by molar-refractivity contribution is 6.30. The van der Waals surface area contributed by atoms with E-state index < -0.39 is 11.8 Å². The molecule has 0 bridgehead atoms. The Morgan fingerprint density at radius 3 is 2.59 bits per heavy atom. The van der Waals surface area contributed by atoms with Crippen LogP contribution in [0.3, 0.4) is 0 Å². The second-order valence-corrected chi connectivity index (χ2v) is 6.47. The molecule has 2 N–H and O–H groups in total. The fourth-order valence-electron chi connectivity index (χ4n) is 2.61. The third-order valence-electron chi connectivity index (χ3n) is 4.04. The molecule has 2 amide bonds. The summed E-state index contributed by atoms with van der Waals surface area (Å²) in [5, 5.41) is 5.94. The molecule has 7 heteroatoms. The first kappa shape index (κ1) is 20.2. The molecule has 0 radical (unpaired) electrons. The number of furan rings is 1. The first-order valence-electron chi connectivity index (χ1n) is 8.79. The van der Waals surface area contributed by atoms with Crippen LogP contribution in [0.5, 0.6) is 5.75 Å². The zero-order chi connectivity index (χ0) is 20.6. The van der Waals surface area contributed by atoms with E-state index in [0.29, 0.717) is 27.7 Å². The third-order valence-corrected chi connectivity index (χ3v) is 4.28. The number of rotatable bonds is 7. The second kappa shape index (κ2) is 9.61. The number of carbonyl (C=O) groups excluding carboxylic acids is 2. The van der Waals surface area contributed by atoms with Crippen LogP contribution in [0.25, 0.3) is 6.08 Å². The number of methoxy groups -OCH3 is 1. The van der Waals surface area contributed by atoms with Gasteiger partial charge in [0.05, 0.1) is 13.4 Å². The summed E-state index contributed by atoms with van der Waals surface area (Å²) in [5.41, 5.74) is 1.19. The number of ether oxygens (including phenoxy) is 1. The predicted molar refractivity (Wildman–Crippen MR) is 110 cm³/mol. The van der Waals surface area contributed by atoms with Crippen molar-refractivity contribution in [2.24, 2.45) is 0 Å². The molecule has 0 spiro atoms. The molecular formula is C22H19ClN2O4. The van der Waals surface area contributed by atoms with Gasteiger partial charge in [-0.05, 0) is 42.5 Å². The van der Waals surface area contributed by atoms with Gasteiger partial charge in [-0.25, -0.2) is 0 Å². The highest BCUT2D eigenvalue weighted by Gasteiger charge is 2.16. The monoisotopic (exact) mass is 410 g/mol. The van der Waals surface area contributed by atoms with Gasteiger partial charge < -0.3 is 19.8 Å². The maximum absolute atomic E-state index is 12.8. The normalized spacial score (nSPS) is 11.0. The number of carbonyl (C=O) groups is 2. The van der Waals surface area contributed by atoms with E-state index in [0.717, 1.165) is 0 Å². The molecule has 0 aliphatic rings. The van der Waals surface area contributed by atoms with Crippen molar-refractivity contribution in [1.82, 2.24) is 10.6 Å². The maximum atomic E-state index is 12.8. The molecule has 29 heavy (non-hydrogen) atoms. The lowest BCUT2D eigenvalue weighted by atomic mass is 10.2. The van der Waals surface area contributed by atoms with Gasteiger partial charge in [-0.15, -0.1) is 0 Å². The minimum atomic E-state index is -0.479. The highest BCUT2D eigenvalue weighted by Crippen LogP contribution is 2.22. The van der Waals surface area contributed by atoms with Crippen LogP contribution >= 0.6 is 11.6 Å². The summed E-state index contributed by atoms with van der Waals surface area (Å²) in [4.78, 5) is 25.3. The molecule has 3 aromatic rings. The Kier molecular flexibility index (Phi) is 6.71. The summed E-state index contributed by atoms with van der Waals surface area (Å²) in [7, 11) is 1.54. The Morgan fingerprint density at radius 2 is 1.90 bits per heavy atom. The van der Waals surface area contributed by atoms with Crippen LogP contribution in [0, 0.1) is 0 Å². The fraction of sp³-hybridized carbons (Fsp3) is 0.0909. The predicted octanol–water partition coefficient (Wildman–Crippen LogP) is 4.03. The van der Waals surface area contributed by atoms with E-state index in [1.807, 2.05) is 6.07 Å². The summed E-state index contributed by atoms with van der Waals surface area (Å²) < 4.78 is 10.6.